The van der Waals surface area contributed by atoms with Crippen LogP contribution in [-0.4, -0.2) is 52.4 Å². The third kappa shape index (κ3) is 1.05. The quantitative estimate of drug-likeness (QED) is 0.396. The summed E-state index contributed by atoms with van der Waals surface area (Å²) in [7, 11) is 0. The Balaban J connectivity index is 2.22. The van der Waals surface area contributed by atoms with Crippen LogP contribution in [0.3, 0.4) is 0 Å². The SMILES string of the molecule is NC[C@@]12C[C@@H](CO)[C@@H](O1)[C@@H](O)[C@H]2O. The van der Waals surface area contributed by atoms with Crippen LogP contribution in [0.1, 0.15) is 6.42 Å². The molecule has 0 amide bonds. The molecule has 5 N–H and O–H groups in total. The number of hydrogen-bond donors (Lipinski definition) is 4. The molecule has 0 aromatic carbocycles. The van der Waals surface area contributed by atoms with Gasteiger partial charge in [0.15, 0.2) is 0 Å². The van der Waals surface area contributed by atoms with Gasteiger partial charge in [-0.25, -0.2) is 0 Å². The van der Waals surface area contributed by atoms with Crippen LogP contribution < -0.4 is 5.73 Å². The number of fused-ring (bicyclic) bond motifs is 2. The van der Waals surface area contributed by atoms with Gasteiger partial charge < -0.3 is 25.8 Å². The van der Waals surface area contributed by atoms with Crippen molar-refractivity contribution in [2.75, 3.05) is 13.2 Å². The zero-order valence-electron chi connectivity index (χ0n) is 7.26. The van der Waals surface area contributed by atoms with E-state index in [-0.39, 0.29) is 19.1 Å². The van der Waals surface area contributed by atoms with E-state index < -0.39 is 23.9 Å². The lowest BCUT2D eigenvalue weighted by atomic mass is 9.78. The summed E-state index contributed by atoms with van der Waals surface area (Å²) in [5.74, 6) is -0.0954. The average Bonchev–Trinajstić information content (AvgIpc) is 2.64. The van der Waals surface area contributed by atoms with Crippen molar-refractivity contribution < 1.29 is 20.1 Å². The Morgan fingerprint density at radius 2 is 2.15 bits per heavy atom. The van der Waals surface area contributed by atoms with Gasteiger partial charge in [0.05, 0.1) is 6.10 Å². The predicted molar refractivity (Wildman–Crippen MR) is 43.9 cm³/mol. The Morgan fingerprint density at radius 1 is 1.46 bits per heavy atom. The molecule has 2 fully saturated rings. The summed E-state index contributed by atoms with van der Waals surface area (Å²) in [4.78, 5) is 0. The summed E-state index contributed by atoms with van der Waals surface area (Å²) in [5.41, 5.74) is 4.68. The first-order chi connectivity index (χ1) is 6.14. The van der Waals surface area contributed by atoms with Crippen molar-refractivity contribution >= 4 is 0 Å². The van der Waals surface area contributed by atoms with E-state index in [4.69, 9.17) is 15.6 Å². The Morgan fingerprint density at radius 3 is 2.62 bits per heavy atom. The number of rotatable bonds is 2. The van der Waals surface area contributed by atoms with Gasteiger partial charge in [-0.15, -0.1) is 0 Å². The van der Waals surface area contributed by atoms with E-state index in [0.717, 1.165) is 0 Å². The molecule has 0 saturated carbocycles. The Labute approximate surface area is 76.1 Å². The number of ether oxygens (including phenoxy) is 1. The molecule has 0 spiro atoms. The van der Waals surface area contributed by atoms with Crippen LogP contribution in [0.4, 0.5) is 0 Å². The van der Waals surface area contributed by atoms with Gasteiger partial charge in [0.25, 0.3) is 0 Å². The lowest BCUT2D eigenvalue weighted by Gasteiger charge is -2.32. The van der Waals surface area contributed by atoms with Gasteiger partial charge >= 0.3 is 0 Å². The minimum absolute atomic E-state index is 0.0316. The number of aliphatic hydroxyl groups is 3. The Bertz CT molecular complexity index is 206. The lowest BCUT2D eigenvalue weighted by molar-refractivity contribution is -0.0478. The summed E-state index contributed by atoms with van der Waals surface area (Å²) < 4.78 is 5.45. The maximum absolute atomic E-state index is 9.62. The van der Waals surface area contributed by atoms with Crippen LogP contribution in [0.15, 0.2) is 0 Å². The normalized spacial score (nSPS) is 54.5. The highest BCUT2D eigenvalue weighted by molar-refractivity contribution is 5.11. The second-order valence-electron chi connectivity index (χ2n) is 3.93. The van der Waals surface area contributed by atoms with E-state index in [1.165, 1.54) is 0 Å². The fourth-order valence-corrected chi connectivity index (χ4v) is 2.43. The maximum atomic E-state index is 9.62. The molecule has 2 aliphatic heterocycles. The van der Waals surface area contributed by atoms with Gasteiger partial charge in [0.2, 0.25) is 0 Å². The van der Waals surface area contributed by atoms with Gasteiger partial charge in [-0.2, -0.15) is 0 Å². The zero-order chi connectivity index (χ0) is 9.64. The van der Waals surface area contributed by atoms with Crippen LogP contribution in [0.2, 0.25) is 0 Å². The molecule has 5 heteroatoms. The second kappa shape index (κ2) is 2.90. The molecule has 2 saturated heterocycles. The molecule has 5 nitrogen and oxygen atoms in total. The molecular weight excluding hydrogens is 174 g/mol. The molecule has 0 aromatic rings. The molecule has 0 radical (unpaired) electrons. The van der Waals surface area contributed by atoms with Crippen molar-refractivity contribution in [3.63, 3.8) is 0 Å². The largest absolute Gasteiger partial charge is 0.396 e. The van der Waals surface area contributed by atoms with Gasteiger partial charge in [0, 0.05) is 19.1 Å². The van der Waals surface area contributed by atoms with Crippen molar-refractivity contribution in [3.05, 3.63) is 0 Å². The third-order valence-electron chi connectivity index (χ3n) is 3.22. The fraction of sp³-hybridized carbons (Fsp3) is 1.00. The molecule has 2 bridgehead atoms. The summed E-state index contributed by atoms with van der Waals surface area (Å²) in [6, 6.07) is 0. The second-order valence-corrected chi connectivity index (χ2v) is 3.93. The van der Waals surface area contributed by atoms with Crippen LogP contribution in [0, 0.1) is 5.92 Å². The van der Waals surface area contributed by atoms with Gasteiger partial charge in [-0.3, -0.25) is 0 Å². The highest BCUT2D eigenvalue weighted by Crippen LogP contribution is 2.46. The molecule has 5 atom stereocenters. The minimum Gasteiger partial charge on any atom is -0.396 e. The highest BCUT2D eigenvalue weighted by atomic mass is 16.6. The van der Waals surface area contributed by atoms with Crippen molar-refractivity contribution in [2.24, 2.45) is 11.7 Å². The van der Waals surface area contributed by atoms with E-state index in [2.05, 4.69) is 0 Å². The molecule has 0 aromatic heterocycles. The monoisotopic (exact) mass is 189 g/mol. The van der Waals surface area contributed by atoms with Crippen LogP contribution in [0.25, 0.3) is 0 Å². The fourth-order valence-electron chi connectivity index (χ4n) is 2.43. The first-order valence-corrected chi connectivity index (χ1v) is 4.49. The molecule has 2 heterocycles. The van der Waals surface area contributed by atoms with E-state index >= 15 is 0 Å². The molecular formula is C8H15NO4. The van der Waals surface area contributed by atoms with Crippen molar-refractivity contribution in [1.82, 2.24) is 0 Å². The molecule has 0 aliphatic carbocycles. The first kappa shape index (κ1) is 9.36. The van der Waals surface area contributed by atoms with Crippen molar-refractivity contribution in [2.45, 2.75) is 30.3 Å². The molecule has 0 unspecified atom stereocenters. The molecule has 13 heavy (non-hydrogen) atoms. The summed E-state index contributed by atoms with van der Waals surface area (Å²) in [6.07, 6.45) is -1.74. The average molecular weight is 189 g/mol. The Hall–Kier alpha value is -0.200. The van der Waals surface area contributed by atoms with E-state index in [1.807, 2.05) is 0 Å². The van der Waals surface area contributed by atoms with Crippen LogP contribution >= 0.6 is 0 Å². The topological polar surface area (TPSA) is 95.9 Å². The maximum Gasteiger partial charge on any atom is 0.113 e. The third-order valence-corrected chi connectivity index (χ3v) is 3.22. The van der Waals surface area contributed by atoms with Crippen LogP contribution in [-0.2, 0) is 4.74 Å². The predicted octanol–water partition coefficient (Wildman–Crippen LogP) is -2.18. The lowest BCUT2D eigenvalue weighted by Crippen LogP contribution is -2.52. The first-order valence-electron chi connectivity index (χ1n) is 4.49. The smallest absolute Gasteiger partial charge is 0.113 e. The summed E-state index contributed by atoms with van der Waals surface area (Å²) >= 11 is 0. The zero-order valence-corrected chi connectivity index (χ0v) is 7.26. The molecule has 76 valence electrons. The number of hydrogen-bond acceptors (Lipinski definition) is 5. The van der Waals surface area contributed by atoms with Crippen molar-refractivity contribution in [1.29, 1.82) is 0 Å². The number of aliphatic hydroxyl groups excluding tert-OH is 3. The highest BCUT2D eigenvalue weighted by Gasteiger charge is 2.61. The summed E-state index contributed by atoms with van der Waals surface area (Å²) in [6.45, 7) is 0.147. The van der Waals surface area contributed by atoms with E-state index in [1.54, 1.807) is 0 Å². The number of nitrogens with two attached hydrogens (primary N) is 1. The standard InChI is InChI=1S/C8H15NO4/c9-3-8-1-4(2-10)6(13-8)5(11)7(8)12/h4-7,10-12H,1-3,9H2/t4-,5+,6+,7+,8+/m0/s1. The Kier molecular flexibility index (Phi) is 2.08. The van der Waals surface area contributed by atoms with Crippen LogP contribution in [0.5, 0.6) is 0 Å². The molecule has 2 rings (SSSR count). The van der Waals surface area contributed by atoms with E-state index in [9.17, 15) is 10.2 Å². The van der Waals surface area contributed by atoms with Crippen molar-refractivity contribution in [3.8, 4) is 0 Å². The minimum atomic E-state index is -0.912. The molecule has 2 aliphatic rings. The summed E-state index contributed by atoms with van der Waals surface area (Å²) in [5, 5.41) is 28.1. The van der Waals surface area contributed by atoms with Gasteiger partial charge in [-0.05, 0) is 6.42 Å². The van der Waals surface area contributed by atoms with Gasteiger partial charge in [-0.1, -0.05) is 0 Å². The van der Waals surface area contributed by atoms with Gasteiger partial charge in [0.1, 0.15) is 17.8 Å². The van der Waals surface area contributed by atoms with E-state index in [0.29, 0.717) is 6.42 Å².